The maximum absolute atomic E-state index is 12.3. The molecule has 1 saturated heterocycles. The van der Waals surface area contributed by atoms with Crippen LogP contribution in [-0.4, -0.2) is 37.7 Å². The fourth-order valence-corrected chi connectivity index (χ4v) is 4.26. The Morgan fingerprint density at radius 1 is 1.40 bits per heavy atom. The Bertz CT molecular complexity index is 328. The van der Waals surface area contributed by atoms with Crippen molar-refractivity contribution in [3.05, 3.63) is 0 Å². The Kier molecular flexibility index (Phi) is 6.29. The average Bonchev–Trinajstić information content (AvgIpc) is 2.95. The number of ether oxygens (including phenoxy) is 1. The summed E-state index contributed by atoms with van der Waals surface area (Å²) in [5, 5.41) is 6.55. The highest BCUT2D eigenvalue weighted by atomic mass is 35.5. The number of rotatable bonds is 5. The van der Waals surface area contributed by atoms with Crippen molar-refractivity contribution in [2.24, 2.45) is 11.3 Å². The first-order valence-electron chi connectivity index (χ1n) is 7.67. The van der Waals surface area contributed by atoms with E-state index in [-0.39, 0.29) is 41.9 Å². The monoisotopic (exact) mass is 304 g/mol. The number of methoxy groups -OCH3 is 1. The van der Waals surface area contributed by atoms with Crippen LogP contribution >= 0.6 is 12.4 Å². The molecular formula is C15H29ClN2O2. The van der Waals surface area contributed by atoms with Crippen molar-refractivity contribution in [1.29, 1.82) is 0 Å². The number of halogens is 1. The van der Waals surface area contributed by atoms with Crippen LogP contribution in [0.2, 0.25) is 0 Å². The molecule has 2 N–H and O–H groups in total. The van der Waals surface area contributed by atoms with E-state index in [2.05, 4.69) is 31.4 Å². The van der Waals surface area contributed by atoms with Crippen LogP contribution in [0, 0.1) is 11.3 Å². The lowest BCUT2D eigenvalue weighted by Crippen LogP contribution is -2.70. The van der Waals surface area contributed by atoms with Crippen LogP contribution in [0.5, 0.6) is 0 Å². The van der Waals surface area contributed by atoms with Crippen LogP contribution in [0.15, 0.2) is 0 Å². The average molecular weight is 305 g/mol. The fraction of sp³-hybridized carbons (Fsp3) is 0.933. The van der Waals surface area contributed by atoms with Crippen molar-refractivity contribution in [1.82, 2.24) is 10.6 Å². The van der Waals surface area contributed by atoms with Gasteiger partial charge in [-0.25, -0.2) is 0 Å². The molecule has 0 bridgehead atoms. The molecule has 0 radical (unpaired) electrons. The largest absolute Gasteiger partial charge is 0.380 e. The van der Waals surface area contributed by atoms with Crippen LogP contribution in [0.25, 0.3) is 0 Å². The molecule has 2 aliphatic rings. The van der Waals surface area contributed by atoms with E-state index < -0.39 is 0 Å². The second-order valence-electron chi connectivity index (χ2n) is 6.09. The Balaban J connectivity index is 0.00000200. The van der Waals surface area contributed by atoms with E-state index in [0.717, 1.165) is 32.2 Å². The van der Waals surface area contributed by atoms with Gasteiger partial charge in [-0.2, -0.15) is 0 Å². The maximum Gasteiger partial charge on any atom is 0.237 e. The van der Waals surface area contributed by atoms with E-state index in [1.165, 1.54) is 0 Å². The van der Waals surface area contributed by atoms with Gasteiger partial charge in [0.05, 0.1) is 12.1 Å². The van der Waals surface area contributed by atoms with Gasteiger partial charge in [-0.1, -0.05) is 20.8 Å². The fourth-order valence-electron chi connectivity index (χ4n) is 4.26. The third kappa shape index (κ3) is 2.70. The second kappa shape index (κ2) is 7.10. The molecule has 0 spiro atoms. The quantitative estimate of drug-likeness (QED) is 0.818. The zero-order valence-corrected chi connectivity index (χ0v) is 13.9. The van der Waals surface area contributed by atoms with Crippen molar-refractivity contribution in [3.63, 3.8) is 0 Å². The van der Waals surface area contributed by atoms with E-state index in [9.17, 15) is 4.79 Å². The minimum atomic E-state index is 0. The predicted molar refractivity (Wildman–Crippen MR) is 83.2 cm³/mol. The first-order valence-corrected chi connectivity index (χ1v) is 7.67. The molecule has 2 fully saturated rings. The SMILES string of the molecule is CCC1(CC)C(NC(=O)C2CCCN2)C(C)C1OC.Cl. The van der Waals surface area contributed by atoms with Gasteiger partial charge in [0, 0.05) is 24.5 Å². The molecule has 0 aromatic carbocycles. The third-order valence-electron chi connectivity index (χ3n) is 5.43. The summed E-state index contributed by atoms with van der Waals surface area (Å²) in [5.74, 6) is 0.574. The molecule has 20 heavy (non-hydrogen) atoms. The van der Waals surface area contributed by atoms with Crippen molar-refractivity contribution >= 4 is 18.3 Å². The Hall–Kier alpha value is -0.320. The number of nitrogens with one attached hydrogen (secondary N) is 2. The third-order valence-corrected chi connectivity index (χ3v) is 5.43. The summed E-state index contributed by atoms with van der Waals surface area (Å²) in [4.78, 5) is 12.3. The lowest BCUT2D eigenvalue weighted by atomic mass is 9.53. The van der Waals surface area contributed by atoms with Crippen molar-refractivity contribution in [2.45, 2.75) is 64.6 Å². The number of hydrogen-bond donors (Lipinski definition) is 2. The standard InChI is InChI=1S/C15H28N2O2.ClH/c1-5-15(6-2)12(10(3)13(15)19-4)17-14(18)11-8-7-9-16-11;/h10-13,16H,5-9H2,1-4H3,(H,17,18);1H. The Morgan fingerprint density at radius 2 is 2.05 bits per heavy atom. The molecular weight excluding hydrogens is 276 g/mol. The molecule has 1 aliphatic heterocycles. The Morgan fingerprint density at radius 3 is 2.50 bits per heavy atom. The molecule has 2 rings (SSSR count). The minimum Gasteiger partial charge on any atom is -0.380 e. The van der Waals surface area contributed by atoms with Crippen LogP contribution in [-0.2, 0) is 9.53 Å². The zero-order valence-electron chi connectivity index (χ0n) is 13.1. The number of hydrogen-bond acceptors (Lipinski definition) is 3. The van der Waals surface area contributed by atoms with Gasteiger partial charge in [-0.05, 0) is 32.2 Å². The van der Waals surface area contributed by atoms with Crippen molar-refractivity contribution in [2.75, 3.05) is 13.7 Å². The maximum atomic E-state index is 12.3. The molecule has 1 saturated carbocycles. The molecule has 4 unspecified atom stereocenters. The van der Waals surface area contributed by atoms with Gasteiger partial charge in [0.15, 0.2) is 0 Å². The summed E-state index contributed by atoms with van der Waals surface area (Å²) in [5.41, 5.74) is 0.114. The predicted octanol–water partition coefficient (Wildman–Crippen LogP) is 2.12. The molecule has 118 valence electrons. The van der Waals surface area contributed by atoms with Gasteiger partial charge in [0.1, 0.15) is 0 Å². The highest BCUT2D eigenvalue weighted by Gasteiger charge is 2.59. The molecule has 1 aliphatic carbocycles. The van der Waals surface area contributed by atoms with Crippen molar-refractivity contribution in [3.8, 4) is 0 Å². The van der Waals surface area contributed by atoms with Crippen LogP contribution in [0.1, 0.15) is 46.5 Å². The van der Waals surface area contributed by atoms with Crippen LogP contribution in [0.4, 0.5) is 0 Å². The van der Waals surface area contributed by atoms with Gasteiger partial charge in [-0.15, -0.1) is 12.4 Å². The molecule has 4 nitrogen and oxygen atoms in total. The summed E-state index contributed by atoms with van der Waals surface area (Å²) in [7, 11) is 1.79. The molecule has 5 heteroatoms. The van der Waals surface area contributed by atoms with E-state index in [1.807, 2.05) is 0 Å². The number of amides is 1. The van der Waals surface area contributed by atoms with Gasteiger partial charge >= 0.3 is 0 Å². The minimum absolute atomic E-state index is 0. The normalized spacial score (nSPS) is 35.0. The molecule has 0 aromatic heterocycles. The van der Waals surface area contributed by atoms with Crippen LogP contribution < -0.4 is 10.6 Å². The first-order chi connectivity index (χ1) is 9.10. The lowest BCUT2D eigenvalue weighted by molar-refractivity contribution is -0.172. The van der Waals surface area contributed by atoms with Gasteiger partial charge < -0.3 is 15.4 Å². The molecule has 4 atom stereocenters. The van der Waals surface area contributed by atoms with Crippen molar-refractivity contribution < 1.29 is 9.53 Å². The Labute approximate surface area is 128 Å². The smallest absolute Gasteiger partial charge is 0.237 e. The van der Waals surface area contributed by atoms with E-state index >= 15 is 0 Å². The second-order valence-corrected chi connectivity index (χ2v) is 6.09. The van der Waals surface area contributed by atoms with Gasteiger partial charge in [-0.3, -0.25) is 4.79 Å². The zero-order chi connectivity index (χ0) is 14.0. The summed E-state index contributed by atoms with van der Waals surface area (Å²) in [6, 6.07) is 0.266. The number of carbonyl (C=O) groups is 1. The molecule has 1 amide bonds. The number of carbonyl (C=O) groups excluding carboxylic acids is 1. The lowest BCUT2D eigenvalue weighted by Gasteiger charge is -2.59. The topological polar surface area (TPSA) is 50.4 Å². The molecule has 1 heterocycles. The summed E-state index contributed by atoms with van der Waals surface area (Å²) in [6.45, 7) is 7.55. The van der Waals surface area contributed by atoms with Gasteiger partial charge in [0.2, 0.25) is 5.91 Å². The first kappa shape index (κ1) is 17.7. The highest BCUT2D eigenvalue weighted by molar-refractivity contribution is 5.85. The highest BCUT2D eigenvalue weighted by Crippen LogP contribution is 2.52. The van der Waals surface area contributed by atoms with Crippen LogP contribution in [0.3, 0.4) is 0 Å². The van der Waals surface area contributed by atoms with E-state index in [1.54, 1.807) is 7.11 Å². The summed E-state index contributed by atoms with van der Waals surface area (Å²) < 4.78 is 5.67. The van der Waals surface area contributed by atoms with E-state index in [4.69, 9.17) is 4.74 Å². The molecule has 0 aromatic rings. The summed E-state index contributed by atoms with van der Waals surface area (Å²) >= 11 is 0. The summed E-state index contributed by atoms with van der Waals surface area (Å²) in [6.07, 6.45) is 4.44. The van der Waals surface area contributed by atoms with E-state index in [0.29, 0.717) is 5.92 Å². The van der Waals surface area contributed by atoms with Gasteiger partial charge in [0.25, 0.3) is 0 Å².